The average Bonchev–Trinajstić information content (AvgIpc) is 2.45. The molecule has 0 amide bonds. The van der Waals surface area contributed by atoms with Crippen LogP contribution in [0.1, 0.15) is 46.5 Å². The van der Waals surface area contributed by atoms with E-state index in [1.807, 2.05) is 6.92 Å². The largest absolute Gasteiger partial charge is 0.317 e. The SMILES string of the molecule is CCNCC1CCCN(S(=O)(=O)N2CCC(C)CC2C)C1. The standard InChI is InChI=1S/C15H31N3O2S/c1-4-16-11-15-6-5-8-17(12-15)21(19,20)18-9-7-13(2)10-14(18)3/h13-16H,4-12H2,1-3H3. The Balaban J connectivity index is 2.01. The Bertz CT molecular complexity index is 427. The molecule has 2 heterocycles. The molecule has 2 saturated heterocycles. The third kappa shape index (κ3) is 4.18. The summed E-state index contributed by atoms with van der Waals surface area (Å²) in [6, 6.07) is 0.132. The Morgan fingerprint density at radius 3 is 2.62 bits per heavy atom. The zero-order valence-electron chi connectivity index (χ0n) is 13.7. The fraction of sp³-hybridized carbons (Fsp3) is 1.00. The van der Waals surface area contributed by atoms with Crippen LogP contribution in [-0.2, 0) is 10.2 Å². The highest BCUT2D eigenvalue weighted by Crippen LogP contribution is 2.28. The lowest BCUT2D eigenvalue weighted by Gasteiger charge is -2.40. The van der Waals surface area contributed by atoms with Crippen LogP contribution in [0.3, 0.4) is 0 Å². The van der Waals surface area contributed by atoms with Crippen LogP contribution < -0.4 is 5.32 Å². The smallest absolute Gasteiger partial charge is 0.282 e. The monoisotopic (exact) mass is 317 g/mol. The molecular formula is C15H31N3O2S. The second-order valence-corrected chi connectivity index (χ2v) is 8.65. The summed E-state index contributed by atoms with van der Waals surface area (Å²) in [6.45, 7) is 10.3. The van der Waals surface area contributed by atoms with Gasteiger partial charge in [0, 0.05) is 25.7 Å². The predicted molar refractivity (Wildman–Crippen MR) is 86.3 cm³/mol. The molecule has 0 aromatic carbocycles. The highest BCUT2D eigenvalue weighted by molar-refractivity contribution is 7.86. The molecule has 2 aliphatic heterocycles. The lowest BCUT2D eigenvalue weighted by Crippen LogP contribution is -2.53. The molecule has 5 nitrogen and oxygen atoms in total. The van der Waals surface area contributed by atoms with Crippen LogP contribution in [0.2, 0.25) is 0 Å². The minimum atomic E-state index is -3.28. The van der Waals surface area contributed by atoms with Gasteiger partial charge < -0.3 is 5.32 Å². The van der Waals surface area contributed by atoms with E-state index < -0.39 is 10.2 Å². The van der Waals surface area contributed by atoms with Crippen molar-refractivity contribution in [1.29, 1.82) is 0 Å². The van der Waals surface area contributed by atoms with Gasteiger partial charge in [-0.3, -0.25) is 0 Å². The Morgan fingerprint density at radius 2 is 1.95 bits per heavy atom. The lowest BCUT2D eigenvalue weighted by atomic mass is 9.95. The van der Waals surface area contributed by atoms with Gasteiger partial charge in [-0.25, -0.2) is 0 Å². The lowest BCUT2D eigenvalue weighted by molar-refractivity contribution is 0.188. The zero-order valence-corrected chi connectivity index (χ0v) is 14.5. The second-order valence-electron chi connectivity index (χ2n) is 6.77. The molecule has 2 rings (SSSR count). The van der Waals surface area contributed by atoms with E-state index >= 15 is 0 Å². The average molecular weight is 317 g/mol. The normalized spacial score (nSPS) is 33.2. The van der Waals surface area contributed by atoms with Crippen molar-refractivity contribution in [3.05, 3.63) is 0 Å². The molecule has 124 valence electrons. The number of hydrogen-bond donors (Lipinski definition) is 1. The van der Waals surface area contributed by atoms with Crippen LogP contribution in [0, 0.1) is 11.8 Å². The van der Waals surface area contributed by atoms with Gasteiger partial charge in [0.15, 0.2) is 0 Å². The minimum Gasteiger partial charge on any atom is -0.317 e. The van der Waals surface area contributed by atoms with Gasteiger partial charge in [0.2, 0.25) is 0 Å². The summed E-state index contributed by atoms with van der Waals surface area (Å²) in [4.78, 5) is 0. The minimum absolute atomic E-state index is 0.132. The number of rotatable bonds is 5. The van der Waals surface area contributed by atoms with Gasteiger partial charge in [-0.2, -0.15) is 17.0 Å². The third-order valence-corrected chi connectivity index (χ3v) is 6.98. The van der Waals surface area contributed by atoms with Gasteiger partial charge in [0.05, 0.1) is 0 Å². The van der Waals surface area contributed by atoms with Gasteiger partial charge in [0.1, 0.15) is 0 Å². The van der Waals surface area contributed by atoms with E-state index in [1.54, 1.807) is 8.61 Å². The summed E-state index contributed by atoms with van der Waals surface area (Å²) in [6.07, 6.45) is 4.08. The molecular weight excluding hydrogens is 286 g/mol. The van der Waals surface area contributed by atoms with E-state index in [4.69, 9.17) is 0 Å². The summed E-state index contributed by atoms with van der Waals surface area (Å²) in [7, 11) is -3.28. The summed E-state index contributed by atoms with van der Waals surface area (Å²) in [5.74, 6) is 1.09. The third-order valence-electron chi connectivity index (χ3n) is 4.86. The van der Waals surface area contributed by atoms with E-state index in [0.717, 1.165) is 38.8 Å². The van der Waals surface area contributed by atoms with Crippen LogP contribution >= 0.6 is 0 Å². The summed E-state index contributed by atoms with van der Waals surface area (Å²) < 4.78 is 29.3. The summed E-state index contributed by atoms with van der Waals surface area (Å²) in [5, 5.41) is 3.35. The number of piperidine rings is 2. The first-order valence-corrected chi connectivity index (χ1v) is 9.82. The first kappa shape index (κ1) is 17.2. The molecule has 2 fully saturated rings. The van der Waals surface area contributed by atoms with Gasteiger partial charge in [-0.05, 0) is 57.5 Å². The Kier molecular flexibility index (Phi) is 6.05. The van der Waals surface area contributed by atoms with Crippen molar-refractivity contribution in [1.82, 2.24) is 13.9 Å². The van der Waals surface area contributed by atoms with Gasteiger partial charge in [-0.15, -0.1) is 0 Å². The Labute approximate surface area is 130 Å². The van der Waals surface area contributed by atoms with Gasteiger partial charge in [0.25, 0.3) is 10.2 Å². The first-order valence-electron chi connectivity index (χ1n) is 8.42. The Morgan fingerprint density at radius 1 is 1.19 bits per heavy atom. The van der Waals surface area contributed by atoms with Crippen molar-refractivity contribution in [2.75, 3.05) is 32.7 Å². The maximum absolute atomic E-state index is 12.9. The molecule has 3 atom stereocenters. The second kappa shape index (κ2) is 7.40. The molecule has 0 radical (unpaired) electrons. The highest BCUT2D eigenvalue weighted by Gasteiger charge is 2.38. The molecule has 3 unspecified atom stereocenters. The Hall–Kier alpha value is -0.170. The van der Waals surface area contributed by atoms with Crippen LogP contribution in [0.15, 0.2) is 0 Å². The molecule has 21 heavy (non-hydrogen) atoms. The van der Waals surface area contributed by atoms with Gasteiger partial charge in [-0.1, -0.05) is 13.8 Å². The van der Waals surface area contributed by atoms with Crippen LogP contribution in [0.5, 0.6) is 0 Å². The van der Waals surface area contributed by atoms with E-state index in [2.05, 4.69) is 19.2 Å². The molecule has 0 aromatic rings. The number of hydrogen-bond acceptors (Lipinski definition) is 3. The number of nitrogens with one attached hydrogen (secondary N) is 1. The summed E-state index contributed by atoms with van der Waals surface area (Å²) in [5.41, 5.74) is 0. The predicted octanol–water partition coefficient (Wildman–Crippen LogP) is 1.67. The topological polar surface area (TPSA) is 52.7 Å². The van der Waals surface area contributed by atoms with Crippen LogP contribution in [0.25, 0.3) is 0 Å². The maximum Gasteiger partial charge on any atom is 0.282 e. The van der Waals surface area contributed by atoms with E-state index in [9.17, 15) is 8.42 Å². The van der Waals surface area contributed by atoms with Crippen LogP contribution in [0.4, 0.5) is 0 Å². The van der Waals surface area contributed by atoms with Crippen molar-refractivity contribution in [2.45, 2.75) is 52.5 Å². The van der Waals surface area contributed by atoms with Crippen molar-refractivity contribution in [3.63, 3.8) is 0 Å². The highest BCUT2D eigenvalue weighted by atomic mass is 32.2. The zero-order chi connectivity index (χ0) is 15.5. The molecule has 2 aliphatic rings. The molecule has 6 heteroatoms. The first-order chi connectivity index (χ1) is 9.95. The van der Waals surface area contributed by atoms with Crippen molar-refractivity contribution in [2.24, 2.45) is 11.8 Å². The fourth-order valence-corrected chi connectivity index (χ4v) is 5.56. The van der Waals surface area contributed by atoms with Crippen LogP contribution in [-0.4, -0.2) is 55.8 Å². The molecule has 1 N–H and O–H groups in total. The maximum atomic E-state index is 12.9. The van der Waals surface area contributed by atoms with E-state index in [1.165, 1.54) is 0 Å². The quantitative estimate of drug-likeness (QED) is 0.839. The summed E-state index contributed by atoms with van der Waals surface area (Å²) >= 11 is 0. The molecule has 0 bridgehead atoms. The van der Waals surface area contributed by atoms with Crippen molar-refractivity contribution >= 4 is 10.2 Å². The molecule has 0 spiro atoms. The van der Waals surface area contributed by atoms with E-state index in [0.29, 0.717) is 31.5 Å². The van der Waals surface area contributed by atoms with Crippen molar-refractivity contribution in [3.8, 4) is 0 Å². The fourth-order valence-electron chi connectivity index (χ4n) is 3.63. The van der Waals surface area contributed by atoms with Crippen molar-refractivity contribution < 1.29 is 8.42 Å². The van der Waals surface area contributed by atoms with Gasteiger partial charge >= 0.3 is 0 Å². The molecule has 0 aliphatic carbocycles. The number of nitrogens with zero attached hydrogens (tertiary/aromatic N) is 2. The molecule has 0 saturated carbocycles. The molecule has 0 aromatic heterocycles. The van der Waals surface area contributed by atoms with E-state index in [-0.39, 0.29) is 6.04 Å².